The molecule has 176 valence electrons. The van der Waals surface area contributed by atoms with E-state index in [1.54, 1.807) is 0 Å². The molecule has 0 fully saturated rings. The molecule has 1 atom stereocenters. The van der Waals surface area contributed by atoms with Gasteiger partial charge in [0.1, 0.15) is 0 Å². The van der Waals surface area contributed by atoms with E-state index in [2.05, 4.69) is 39.5 Å². The normalized spacial score (nSPS) is 12.2. The standard InChI is InChI=1S/C30H56/c1-5-7-9-11-13-15-16-17-18-19-20-22-24-26-28-30(29(3)4)27-25-23-21-14-12-10-8-6-2/h29-30H,1-2,5-10,12,14-28H2,3-4H3. The van der Waals surface area contributed by atoms with Crippen LogP contribution in [0.5, 0.6) is 0 Å². The van der Waals surface area contributed by atoms with Gasteiger partial charge in [-0.15, -0.1) is 11.8 Å². The topological polar surface area (TPSA) is 0 Å². The zero-order valence-electron chi connectivity index (χ0n) is 21.1. The Morgan fingerprint density at radius 1 is 0.467 bits per heavy atom. The first kappa shape index (κ1) is 29.6. The van der Waals surface area contributed by atoms with Gasteiger partial charge in [-0.2, -0.15) is 0 Å². The molecule has 0 saturated carbocycles. The van der Waals surface area contributed by atoms with Gasteiger partial charge in [0.2, 0.25) is 0 Å². The van der Waals surface area contributed by atoms with Gasteiger partial charge >= 0.3 is 0 Å². The third-order valence-corrected chi connectivity index (χ3v) is 6.57. The Labute approximate surface area is 192 Å². The summed E-state index contributed by atoms with van der Waals surface area (Å²) in [4.78, 5) is 0. The summed E-state index contributed by atoms with van der Waals surface area (Å²) in [5.41, 5.74) is 0. The molecule has 0 rings (SSSR count). The second-order valence-electron chi connectivity index (χ2n) is 9.80. The molecule has 0 N–H and O–H groups in total. The van der Waals surface area contributed by atoms with Crippen molar-refractivity contribution in [1.29, 1.82) is 0 Å². The van der Waals surface area contributed by atoms with E-state index in [0.29, 0.717) is 0 Å². The van der Waals surface area contributed by atoms with E-state index < -0.39 is 0 Å². The summed E-state index contributed by atoms with van der Waals surface area (Å²) in [5, 5.41) is 0. The van der Waals surface area contributed by atoms with Gasteiger partial charge in [-0.1, -0.05) is 143 Å². The number of rotatable bonds is 22. The molecule has 0 heterocycles. The maximum atomic E-state index is 3.93. The zero-order valence-corrected chi connectivity index (χ0v) is 21.1. The lowest BCUT2D eigenvalue weighted by Crippen LogP contribution is -2.08. The van der Waals surface area contributed by atoms with Crippen LogP contribution in [0.15, 0.2) is 0 Å². The van der Waals surface area contributed by atoms with Crippen LogP contribution >= 0.6 is 0 Å². The maximum absolute atomic E-state index is 3.93. The molecule has 0 aromatic rings. The number of unbranched alkanes of at least 4 members (excludes halogenated alkanes) is 17. The molecule has 0 aliphatic heterocycles. The quantitative estimate of drug-likeness (QED) is 0.122. The van der Waals surface area contributed by atoms with E-state index in [1.165, 1.54) is 109 Å². The summed E-state index contributed by atoms with van der Waals surface area (Å²) >= 11 is 0. The second kappa shape index (κ2) is 24.8. The fourth-order valence-corrected chi connectivity index (χ4v) is 4.35. The van der Waals surface area contributed by atoms with E-state index in [1.807, 2.05) is 0 Å². The number of hydrogen-bond acceptors (Lipinski definition) is 0. The van der Waals surface area contributed by atoms with Crippen molar-refractivity contribution >= 4 is 0 Å². The van der Waals surface area contributed by atoms with E-state index >= 15 is 0 Å². The summed E-state index contributed by atoms with van der Waals surface area (Å²) in [6.07, 6.45) is 29.6. The van der Waals surface area contributed by atoms with Crippen molar-refractivity contribution < 1.29 is 0 Å². The minimum Gasteiger partial charge on any atom is -0.103 e. The molecular formula is C30H56. The molecule has 30 heavy (non-hydrogen) atoms. The lowest BCUT2D eigenvalue weighted by molar-refractivity contribution is 0.312. The Balaban J connectivity index is 3.45. The second-order valence-corrected chi connectivity index (χ2v) is 9.80. The van der Waals surface area contributed by atoms with Crippen molar-refractivity contribution in [2.45, 2.75) is 155 Å². The van der Waals surface area contributed by atoms with E-state index in [4.69, 9.17) is 0 Å². The van der Waals surface area contributed by atoms with Gasteiger partial charge in [0.05, 0.1) is 0 Å². The summed E-state index contributed by atoms with van der Waals surface area (Å²) in [7, 11) is 0. The Hall–Kier alpha value is -0.440. The third-order valence-electron chi connectivity index (χ3n) is 6.57. The molecule has 0 saturated heterocycles. The molecule has 0 heteroatoms. The zero-order chi connectivity index (χ0) is 22.1. The van der Waals surface area contributed by atoms with Crippen LogP contribution in [0.25, 0.3) is 0 Å². The molecule has 0 aromatic heterocycles. The largest absolute Gasteiger partial charge is 0.103 e. The van der Waals surface area contributed by atoms with Crippen LogP contribution in [-0.4, -0.2) is 0 Å². The molecule has 0 bridgehead atoms. The van der Waals surface area contributed by atoms with Gasteiger partial charge in [-0.05, 0) is 24.7 Å². The fourth-order valence-electron chi connectivity index (χ4n) is 4.35. The highest BCUT2D eigenvalue weighted by Crippen LogP contribution is 2.25. The maximum Gasteiger partial charge on any atom is 0.00886 e. The van der Waals surface area contributed by atoms with E-state index in [-0.39, 0.29) is 0 Å². The smallest absolute Gasteiger partial charge is 0.00886 e. The van der Waals surface area contributed by atoms with Crippen molar-refractivity contribution in [2.24, 2.45) is 11.8 Å². The Morgan fingerprint density at radius 2 is 0.833 bits per heavy atom. The van der Waals surface area contributed by atoms with Crippen LogP contribution in [0, 0.1) is 37.5 Å². The van der Waals surface area contributed by atoms with Crippen LogP contribution in [0.1, 0.15) is 155 Å². The Morgan fingerprint density at radius 3 is 1.27 bits per heavy atom. The first-order valence-corrected chi connectivity index (χ1v) is 13.8. The lowest BCUT2D eigenvalue weighted by Gasteiger charge is -2.20. The molecule has 0 spiro atoms. The summed E-state index contributed by atoms with van der Waals surface area (Å²) < 4.78 is 0. The van der Waals surface area contributed by atoms with Gasteiger partial charge in [0.25, 0.3) is 0 Å². The number of hydrogen-bond donors (Lipinski definition) is 0. The fraction of sp³-hybridized carbons (Fsp3) is 0.867. The highest BCUT2D eigenvalue weighted by Gasteiger charge is 2.12. The van der Waals surface area contributed by atoms with Gasteiger partial charge in [0, 0.05) is 12.8 Å². The van der Waals surface area contributed by atoms with Crippen molar-refractivity contribution in [2.75, 3.05) is 0 Å². The Kier molecular flexibility index (Phi) is 24.5. The molecule has 0 amide bonds. The summed E-state index contributed by atoms with van der Waals surface area (Å²) in [6.45, 7) is 12.7. The average Bonchev–Trinajstić information content (AvgIpc) is 2.74. The minimum atomic E-state index is 0.865. The highest BCUT2D eigenvalue weighted by molar-refractivity contribution is 4.98. The summed E-state index contributed by atoms with van der Waals surface area (Å²) in [5.74, 6) is 8.40. The van der Waals surface area contributed by atoms with Crippen LogP contribution in [0.4, 0.5) is 0 Å². The lowest BCUT2D eigenvalue weighted by atomic mass is 9.85. The summed E-state index contributed by atoms with van der Waals surface area (Å²) in [6, 6.07) is 0. The first-order valence-electron chi connectivity index (χ1n) is 13.8. The van der Waals surface area contributed by atoms with Gasteiger partial charge in [-0.3, -0.25) is 0 Å². The highest BCUT2D eigenvalue weighted by atomic mass is 14.2. The molecular weight excluding hydrogens is 360 g/mol. The predicted octanol–water partition coefficient (Wildman–Crippen LogP) is 10.5. The van der Waals surface area contributed by atoms with Crippen LogP contribution in [0.3, 0.4) is 0 Å². The van der Waals surface area contributed by atoms with E-state index in [0.717, 1.165) is 43.9 Å². The van der Waals surface area contributed by atoms with E-state index in [9.17, 15) is 0 Å². The molecule has 0 nitrogen and oxygen atoms in total. The van der Waals surface area contributed by atoms with Crippen molar-refractivity contribution in [3.05, 3.63) is 13.8 Å². The monoisotopic (exact) mass is 416 g/mol. The predicted molar refractivity (Wildman–Crippen MR) is 138 cm³/mol. The molecule has 0 aliphatic rings. The minimum absolute atomic E-state index is 0.865. The van der Waals surface area contributed by atoms with Gasteiger partial charge in [0.15, 0.2) is 0 Å². The van der Waals surface area contributed by atoms with Crippen molar-refractivity contribution in [1.82, 2.24) is 0 Å². The van der Waals surface area contributed by atoms with Crippen LogP contribution in [0.2, 0.25) is 0 Å². The van der Waals surface area contributed by atoms with Gasteiger partial charge in [-0.25, -0.2) is 0 Å². The van der Waals surface area contributed by atoms with Crippen LogP contribution in [-0.2, 0) is 0 Å². The molecule has 1 unspecified atom stereocenters. The van der Waals surface area contributed by atoms with Crippen molar-refractivity contribution in [3.63, 3.8) is 0 Å². The molecule has 2 radical (unpaired) electrons. The molecule has 0 aromatic carbocycles. The SMILES string of the molecule is [CH2]CCCC#CCCCCCCCCCCC(CCCCCCCCC[CH2])C(C)C. The van der Waals surface area contributed by atoms with Gasteiger partial charge < -0.3 is 0 Å². The van der Waals surface area contributed by atoms with Crippen LogP contribution < -0.4 is 0 Å². The third kappa shape index (κ3) is 22.2. The molecule has 0 aliphatic carbocycles. The first-order chi connectivity index (χ1) is 14.7. The average molecular weight is 417 g/mol. The Bertz CT molecular complexity index is 369. The van der Waals surface area contributed by atoms with Crippen molar-refractivity contribution in [3.8, 4) is 11.8 Å².